The number of Topliss-reactive ketones (excluding diaryl/α,β-unsaturated/α-hetero) is 1. The Balaban J connectivity index is 2.29. The lowest BCUT2D eigenvalue weighted by molar-refractivity contribution is -0.118. The third kappa shape index (κ3) is 1.94. The number of rotatable bonds is 1. The molecule has 0 spiro atoms. The van der Waals surface area contributed by atoms with E-state index < -0.39 is 0 Å². The van der Waals surface area contributed by atoms with Gasteiger partial charge < -0.3 is 4.90 Å². The molecule has 1 aliphatic heterocycles. The van der Waals surface area contributed by atoms with Crippen LogP contribution in [0.5, 0.6) is 0 Å². The van der Waals surface area contributed by atoms with E-state index >= 15 is 0 Å². The molecular weight excluding hydrogens is 192 g/mol. The number of carbonyl (C=O) groups excluding carboxylic acids is 1. The first kappa shape index (κ1) is 9.59. The van der Waals surface area contributed by atoms with Crippen LogP contribution in [-0.4, -0.2) is 29.1 Å². The topological polar surface area (TPSA) is 69.9 Å². The minimum atomic E-state index is 0.191. The maximum Gasteiger partial charge on any atom is 0.169 e. The molecule has 5 nitrogen and oxygen atoms in total. The van der Waals surface area contributed by atoms with Crippen LogP contribution in [0.2, 0.25) is 0 Å². The van der Waals surface area contributed by atoms with E-state index in [-0.39, 0.29) is 5.78 Å². The van der Waals surface area contributed by atoms with Gasteiger partial charge in [0.25, 0.3) is 0 Å². The average molecular weight is 202 g/mol. The first-order chi connectivity index (χ1) is 7.31. The SMILES string of the molecule is N#Cc1ccnnc1N1CCCC(=O)C1. The van der Waals surface area contributed by atoms with Crippen LogP contribution in [-0.2, 0) is 4.79 Å². The second kappa shape index (κ2) is 4.05. The molecule has 0 atom stereocenters. The van der Waals surface area contributed by atoms with Gasteiger partial charge in [-0.05, 0) is 12.5 Å². The zero-order valence-electron chi connectivity index (χ0n) is 8.18. The number of nitrogens with zero attached hydrogens (tertiary/aromatic N) is 4. The van der Waals surface area contributed by atoms with Crippen molar-refractivity contribution in [1.29, 1.82) is 5.26 Å². The molecule has 1 aromatic rings. The summed E-state index contributed by atoms with van der Waals surface area (Å²) < 4.78 is 0. The van der Waals surface area contributed by atoms with Gasteiger partial charge in [-0.25, -0.2) is 0 Å². The highest BCUT2D eigenvalue weighted by Crippen LogP contribution is 2.18. The molecule has 0 unspecified atom stereocenters. The second-order valence-electron chi connectivity index (χ2n) is 3.44. The summed E-state index contributed by atoms with van der Waals surface area (Å²) in [6.07, 6.45) is 2.92. The summed E-state index contributed by atoms with van der Waals surface area (Å²) in [7, 11) is 0. The summed E-state index contributed by atoms with van der Waals surface area (Å²) in [6, 6.07) is 3.66. The molecule has 2 rings (SSSR count). The first-order valence-electron chi connectivity index (χ1n) is 4.79. The van der Waals surface area contributed by atoms with Crippen LogP contribution in [0.3, 0.4) is 0 Å². The van der Waals surface area contributed by atoms with E-state index in [0.717, 1.165) is 13.0 Å². The largest absolute Gasteiger partial charge is 0.347 e. The van der Waals surface area contributed by atoms with Gasteiger partial charge in [-0.3, -0.25) is 4.79 Å². The van der Waals surface area contributed by atoms with Crippen molar-refractivity contribution >= 4 is 11.6 Å². The minimum Gasteiger partial charge on any atom is -0.347 e. The van der Waals surface area contributed by atoms with E-state index in [4.69, 9.17) is 5.26 Å². The van der Waals surface area contributed by atoms with Crippen molar-refractivity contribution in [3.05, 3.63) is 17.8 Å². The van der Waals surface area contributed by atoms with Gasteiger partial charge in [-0.15, -0.1) is 5.10 Å². The number of piperidine rings is 1. The van der Waals surface area contributed by atoms with Crippen molar-refractivity contribution in [3.63, 3.8) is 0 Å². The number of anilines is 1. The van der Waals surface area contributed by atoms with E-state index in [0.29, 0.717) is 24.3 Å². The van der Waals surface area contributed by atoms with Gasteiger partial charge in [0.05, 0.1) is 18.3 Å². The zero-order chi connectivity index (χ0) is 10.7. The Bertz CT molecular complexity index is 424. The third-order valence-corrected chi connectivity index (χ3v) is 2.37. The standard InChI is InChI=1S/C10H10N4O/c11-6-8-3-4-12-13-10(8)14-5-1-2-9(15)7-14/h3-4H,1-2,5,7H2. The summed E-state index contributed by atoms with van der Waals surface area (Å²) in [5.74, 6) is 0.712. The molecule has 1 aliphatic rings. The van der Waals surface area contributed by atoms with Gasteiger partial charge in [0.15, 0.2) is 11.6 Å². The molecule has 0 aliphatic carbocycles. The van der Waals surface area contributed by atoms with Gasteiger partial charge in [0, 0.05) is 13.0 Å². The summed E-state index contributed by atoms with van der Waals surface area (Å²) in [5, 5.41) is 16.5. The lowest BCUT2D eigenvalue weighted by Crippen LogP contribution is -2.36. The molecule has 0 amide bonds. The van der Waals surface area contributed by atoms with Crippen LogP contribution in [0.25, 0.3) is 0 Å². The highest BCUT2D eigenvalue weighted by molar-refractivity contribution is 5.84. The fraction of sp³-hybridized carbons (Fsp3) is 0.400. The minimum absolute atomic E-state index is 0.191. The van der Waals surface area contributed by atoms with E-state index in [1.54, 1.807) is 6.07 Å². The van der Waals surface area contributed by atoms with Crippen molar-refractivity contribution in [1.82, 2.24) is 10.2 Å². The monoisotopic (exact) mass is 202 g/mol. The van der Waals surface area contributed by atoms with Crippen molar-refractivity contribution in [2.24, 2.45) is 0 Å². The molecule has 0 bridgehead atoms. The zero-order valence-corrected chi connectivity index (χ0v) is 8.18. The third-order valence-electron chi connectivity index (χ3n) is 2.37. The predicted molar refractivity (Wildman–Crippen MR) is 53.2 cm³/mol. The predicted octanol–water partition coefficient (Wildman–Crippen LogP) is 0.518. The van der Waals surface area contributed by atoms with Gasteiger partial charge in [0.1, 0.15) is 6.07 Å². The number of aromatic nitrogens is 2. The normalized spacial score (nSPS) is 16.2. The Hall–Kier alpha value is -1.96. The fourth-order valence-electron chi connectivity index (χ4n) is 1.66. The highest BCUT2D eigenvalue weighted by atomic mass is 16.1. The molecule has 2 heterocycles. The smallest absolute Gasteiger partial charge is 0.169 e. The molecular formula is C10H10N4O. The summed E-state index contributed by atoms with van der Waals surface area (Å²) >= 11 is 0. The fourth-order valence-corrected chi connectivity index (χ4v) is 1.66. The summed E-state index contributed by atoms with van der Waals surface area (Å²) in [4.78, 5) is 13.1. The lowest BCUT2D eigenvalue weighted by atomic mass is 10.1. The maximum atomic E-state index is 11.3. The Labute approximate surface area is 87.3 Å². The van der Waals surface area contributed by atoms with E-state index in [1.165, 1.54) is 6.20 Å². The Kier molecular flexibility index (Phi) is 2.59. The molecule has 1 fully saturated rings. The van der Waals surface area contributed by atoms with Gasteiger partial charge >= 0.3 is 0 Å². The van der Waals surface area contributed by atoms with Crippen molar-refractivity contribution in [3.8, 4) is 6.07 Å². The van der Waals surface area contributed by atoms with Crippen LogP contribution < -0.4 is 4.90 Å². The average Bonchev–Trinajstić information content (AvgIpc) is 2.29. The van der Waals surface area contributed by atoms with Crippen molar-refractivity contribution in [2.45, 2.75) is 12.8 Å². The van der Waals surface area contributed by atoms with E-state index in [9.17, 15) is 4.79 Å². The Morgan fingerprint density at radius 2 is 2.40 bits per heavy atom. The molecule has 0 N–H and O–H groups in total. The molecule has 15 heavy (non-hydrogen) atoms. The molecule has 1 aromatic heterocycles. The molecule has 0 aromatic carbocycles. The van der Waals surface area contributed by atoms with Gasteiger partial charge in [-0.1, -0.05) is 0 Å². The van der Waals surface area contributed by atoms with Crippen LogP contribution in [0.15, 0.2) is 12.3 Å². The number of hydrogen-bond acceptors (Lipinski definition) is 5. The van der Waals surface area contributed by atoms with E-state index in [1.807, 2.05) is 4.90 Å². The van der Waals surface area contributed by atoms with Crippen LogP contribution in [0.4, 0.5) is 5.82 Å². The number of ketones is 1. The molecule has 5 heteroatoms. The molecule has 0 radical (unpaired) electrons. The van der Waals surface area contributed by atoms with Crippen molar-refractivity contribution < 1.29 is 4.79 Å². The van der Waals surface area contributed by atoms with Crippen LogP contribution in [0, 0.1) is 11.3 Å². The van der Waals surface area contributed by atoms with Gasteiger partial charge in [-0.2, -0.15) is 10.4 Å². The molecule has 76 valence electrons. The van der Waals surface area contributed by atoms with Crippen LogP contribution >= 0.6 is 0 Å². The lowest BCUT2D eigenvalue weighted by Gasteiger charge is -2.26. The quantitative estimate of drug-likeness (QED) is 0.663. The Morgan fingerprint density at radius 3 is 3.13 bits per heavy atom. The van der Waals surface area contributed by atoms with Crippen LogP contribution in [0.1, 0.15) is 18.4 Å². The van der Waals surface area contributed by atoms with Crippen molar-refractivity contribution in [2.75, 3.05) is 18.0 Å². The van der Waals surface area contributed by atoms with E-state index in [2.05, 4.69) is 16.3 Å². The van der Waals surface area contributed by atoms with Gasteiger partial charge in [0.2, 0.25) is 0 Å². The summed E-state index contributed by atoms with van der Waals surface area (Å²) in [5.41, 5.74) is 0.472. The second-order valence-corrected chi connectivity index (χ2v) is 3.44. The molecule has 1 saturated heterocycles. The summed E-state index contributed by atoms with van der Waals surface area (Å²) in [6.45, 7) is 1.10. The first-order valence-corrected chi connectivity index (χ1v) is 4.79. The number of nitriles is 1. The molecule has 0 saturated carbocycles. The maximum absolute atomic E-state index is 11.3. The number of carbonyl (C=O) groups is 1. The number of hydrogen-bond donors (Lipinski definition) is 0. The Morgan fingerprint density at radius 1 is 1.53 bits per heavy atom. The highest BCUT2D eigenvalue weighted by Gasteiger charge is 2.20.